The van der Waals surface area contributed by atoms with Crippen molar-refractivity contribution in [1.29, 1.82) is 0 Å². The minimum atomic E-state index is -0.00181. The van der Waals surface area contributed by atoms with Crippen molar-refractivity contribution in [2.24, 2.45) is 0 Å². The van der Waals surface area contributed by atoms with Gasteiger partial charge in [-0.15, -0.1) is 0 Å². The number of aromatic nitrogens is 3. The third-order valence-electron chi connectivity index (χ3n) is 3.95. The summed E-state index contributed by atoms with van der Waals surface area (Å²) in [5, 5.41) is 6.33. The molecule has 1 amide bonds. The molecule has 2 aromatic rings. The minimum Gasteiger partial charge on any atom is -0.350 e. The molecule has 1 saturated heterocycles. The summed E-state index contributed by atoms with van der Waals surface area (Å²) in [5.74, 6) is -0.00181. The molecule has 0 atom stereocenters. The molecule has 3 heterocycles. The first-order valence-corrected chi connectivity index (χ1v) is 7.47. The molecule has 3 N–H and O–H groups in total. The number of carbonyl (C=O) groups excluding carboxylic acids is 1. The highest BCUT2D eigenvalue weighted by atomic mass is 16.1. The number of nitrogens with one attached hydrogen (secondary N) is 3. The average molecular weight is 287 g/mol. The molecule has 0 aromatic carbocycles. The second-order valence-electron chi connectivity index (χ2n) is 5.36. The number of nitrogens with zero attached hydrogens (tertiary/aromatic N) is 2. The van der Waals surface area contributed by atoms with Gasteiger partial charge in [0.05, 0.1) is 6.33 Å². The maximum atomic E-state index is 12.3. The van der Waals surface area contributed by atoms with Gasteiger partial charge in [-0.1, -0.05) is 0 Å². The van der Waals surface area contributed by atoms with Crippen molar-refractivity contribution in [2.75, 3.05) is 19.6 Å². The quantitative estimate of drug-likeness (QED) is 0.771. The predicted molar refractivity (Wildman–Crippen MR) is 80.2 cm³/mol. The Balaban J connectivity index is 1.58. The molecule has 0 saturated carbocycles. The number of imidazole rings is 1. The van der Waals surface area contributed by atoms with Crippen LogP contribution in [-0.4, -0.2) is 40.1 Å². The molecule has 0 aliphatic carbocycles. The van der Waals surface area contributed by atoms with Gasteiger partial charge in [0.25, 0.3) is 5.91 Å². The summed E-state index contributed by atoms with van der Waals surface area (Å²) in [6, 6.07) is 4.27. The zero-order valence-corrected chi connectivity index (χ0v) is 12.0. The van der Waals surface area contributed by atoms with Crippen molar-refractivity contribution in [2.45, 2.75) is 25.3 Å². The van der Waals surface area contributed by atoms with Gasteiger partial charge in [0.15, 0.2) is 0 Å². The van der Waals surface area contributed by atoms with Crippen molar-refractivity contribution < 1.29 is 4.79 Å². The molecule has 0 spiro atoms. The standard InChI is InChI=1S/C15H21N5O/c21-15(18-8-3-12-10-17-11-19-12)14-2-1-9-20(14)13-4-6-16-7-5-13/h1-2,9-11,13,16H,3-8H2,(H,17,19)(H,18,21). The fourth-order valence-corrected chi connectivity index (χ4v) is 2.81. The van der Waals surface area contributed by atoms with E-state index in [0.29, 0.717) is 12.6 Å². The zero-order valence-electron chi connectivity index (χ0n) is 12.0. The predicted octanol–water partition coefficient (Wildman–Crippen LogP) is 1.11. The highest BCUT2D eigenvalue weighted by molar-refractivity contribution is 5.92. The summed E-state index contributed by atoms with van der Waals surface area (Å²) in [6.07, 6.45) is 8.36. The third-order valence-corrected chi connectivity index (χ3v) is 3.95. The Kier molecular flexibility index (Phi) is 4.35. The Bertz CT molecular complexity index is 569. The molecular formula is C15H21N5O. The van der Waals surface area contributed by atoms with E-state index in [0.717, 1.165) is 43.7 Å². The smallest absolute Gasteiger partial charge is 0.267 e. The highest BCUT2D eigenvalue weighted by Crippen LogP contribution is 2.21. The Morgan fingerprint density at radius 3 is 3.05 bits per heavy atom. The lowest BCUT2D eigenvalue weighted by Gasteiger charge is -2.25. The topological polar surface area (TPSA) is 74.7 Å². The van der Waals surface area contributed by atoms with Crippen molar-refractivity contribution in [1.82, 2.24) is 25.2 Å². The summed E-state index contributed by atoms with van der Waals surface area (Å²) >= 11 is 0. The molecule has 1 aliphatic rings. The molecule has 6 heteroatoms. The van der Waals surface area contributed by atoms with E-state index in [1.165, 1.54) is 0 Å². The summed E-state index contributed by atoms with van der Waals surface area (Å²) < 4.78 is 2.12. The Morgan fingerprint density at radius 1 is 1.43 bits per heavy atom. The maximum Gasteiger partial charge on any atom is 0.267 e. The van der Waals surface area contributed by atoms with E-state index in [9.17, 15) is 4.79 Å². The molecule has 3 rings (SSSR count). The molecule has 1 aliphatic heterocycles. The number of hydrogen-bond acceptors (Lipinski definition) is 3. The van der Waals surface area contributed by atoms with Gasteiger partial charge < -0.3 is 20.2 Å². The molecule has 6 nitrogen and oxygen atoms in total. The SMILES string of the molecule is O=C(NCCc1cnc[nH]1)c1cccn1C1CCNCC1. The molecular weight excluding hydrogens is 266 g/mol. The molecule has 112 valence electrons. The Morgan fingerprint density at radius 2 is 2.29 bits per heavy atom. The van der Waals surface area contributed by atoms with Gasteiger partial charge >= 0.3 is 0 Å². The van der Waals surface area contributed by atoms with Crippen LogP contribution in [0.5, 0.6) is 0 Å². The highest BCUT2D eigenvalue weighted by Gasteiger charge is 2.19. The van der Waals surface area contributed by atoms with E-state index < -0.39 is 0 Å². The fourth-order valence-electron chi connectivity index (χ4n) is 2.81. The van der Waals surface area contributed by atoms with Crippen LogP contribution in [0.1, 0.15) is 35.1 Å². The molecule has 21 heavy (non-hydrogen) atoms. The molecule has 0 radical (unpaired) electrons. The van der Waals surface area contributed by atoms with Gasteiger partial charge in [0.1, 0.15) is 5.69 Å². The average Bonchev–Trinajstić information content (AvgIpc) is 3.19. The van der Waals surface area contributed by atoms with Crippen LogP contribution < -0.4 is 10.6 Å². The Hall–Kier alpha value is -2.08. The monoisotopic (exact) mass is 287 g/mol. The first-order chi connectivity index (χ1) is 10.3. The van der Waals surface area contributed by atoms with E-state index in [1.54, 1.807) is 12.5 Å². The zero-order chi connectivity index (χ0) is 14.5. The maximum absolute atomic E-state index is 12.3. The lowest BCUT2D eigenvalue weighted by Crippen LogP contribution is -2.33. The summed E-state index contributed by atoms with van der Waals surface area (Å²) in [6.45, 7) is 2.64. The minimum absolute atomic E-state index is 0.00181. The van der Waals surface area contributed by atoms with Crippen molar-refractivity contribution in [3.8, 4) is 0 Å². The van der Waals surface area contributed by atoms with Gasteiger partial charge in [-0.05, 0) is 38.1 Å². The molecule has 0 bridgehead atoms. The number of carbonyl (C=O) groups is 1. The fraction of sp³-hybridized carbons (Fsp3) is 0.467. The first kappa shape index (κ1) is 13.9. The molecule has 1 fully saturated rings. The van der Waals surface area contributed by atoms with Crippen LogP contribution in [0.25, 0.3) is 0 Å². The van der Waals surface area contributed by atoms with Crippen LogP contribution >= 0.6 is 0 Å². The van der Waals surface area contributed by atoms with Gasteiger partial charge in [-0.25, -0.2) is 4.98 Å². The van der Waals surface area contributed by atoms with E-state index in [2.05, 4.69) is 25.2 Å². The summed E-state index contributed by atoms with van der Waals surface area (Å²) in [4.78, 5) is 19.3. The number of piperidine rings is 1. The number of amides is 1. The lowest BCUT2D eigenvalue weighted by molar-refractivity contribution is 0.0941. The van der Waals surface area contributed by atoms with Crippen LogP contribution in [-0.2, 0) is 6.42 Å². The van der Waals surface area contributed by atoms with Crippen LogP contribution in [0.15, 0.2) is 30.9 Å². The van der Waals surface area contributed by atoms with Gasteiger partial charge in [0, 0.05) is 37.1 Å². The number of rotatable bonds is 5. The summed E-state index contributed by atoms with van der Waals surface area (Å²) in [5.41, 5.74) is 1.79. The number of hydrogen-bond donors (Lipinski definition) is 3. The lowest BCUT2D eigenvalue weighted by atomic mass is 10.1. The van der Waals surface area contributed by atoms with Crippen molar-refractivity contribution in [3.63, 3.8) is 0 Å². The number of aromatic amines is 1. The van der Waals surface area contributed by atoms with E-state index in [-0.39, 0.29) is 5.91 Å². The third kappa shape index (κ3) is 3.33. The van der Waals surface area contributed by atoms with Crippen LogP contribution in [0.3, 0.4) is 0 Å². The normalized spacial score (nSPS) is 16.0. The second-order valence-corrected chi connectivity index (χ2v) is 5.36. The Labute approximate surface area is 124 Å². The van der Waals surface area contributed by atoms with E-state index >= 15 is 0 Å². The van der Waals surface area contributed by atoms with Gasteiger partial charge in [0.2, 0.25) is 0 Å². The largest absolute Gasteiger partial charge is 0.350 e. The van der Waals surface area contributed by atoms with Crippen molar-refractivity contribution >= 4 is 5.91 Å². The van der Waals surface area contributed by atoms with Crippen LogP contribution in [0.2, 0.25) is 0 Å². The molecule has 2 aromatic heterocycles. The van der Waals surface area contributed by atoms with Crippen LogP contribution in [0.4, 0.5) is 0 Å². The second kappa shape index (κ2) is 6.58. The molecule has 0 unspecified atom stereocenters. The van der Waals surface area contributed by atoms with Gasteiger partial charge in [-0.2, -0.15) is 0 Å². The van der Waals surface area contributed by atoms with E-state index in [4.69, 9.17) is 0 Å². The number of H-pyrrole nitrogens is 1. The summed E-state index contributed by atoms with van der Waals surface area (Å²) in [7, 11) is 0. The first-order valence-electron chi connectivity index (χ1n) is 7.47. The van der Waals surface area contributed by atoms with E-state index in [1.807, 2.05) is 18.3 Å². The van der Waals surface area contributed by atoms with Gasteiger partial charge in [-0.3, -0.25) is 4.79 Å². The van der Waals surface area contributed by atoms with Crippen LogP contribution in [0, 0.1) is 0 Å². The van der Waals surface area contributed by atoms with Crippen molar-refractivity contribution in [3.05, 3.63) is 42.2 Å².